The summed E-state index contributed by atoms with van der Waals surface area (Å²) in [6.07, 6.45) is 2.44. The van der Waals surface area contributed by atoms with Gasteiger partial charge in [0.25, 0.3) is 5.91 Å². The minimum Gasteiger partial charge on any atom is -0.394 e. The number of piperazine rings is 1. The second-order valence-corrected chi connectivity index (χ2v) is 6.68. The molecule has 2 heterocycles. The highest BCUT2D eigenvalue weighted by atomic mass is 16.3. The number of aromatic nitrogens is 1. The summed E-state index contributed by atoms with van der Waals surface area (Å²) >= 11 is 0. The van der Waals surface area contributed by atoms with Crippen molar-refractivity contribution in [1.29, 1.82) is 0 Å². The summed E-state index contributed by atoms with van der Waals surface area (Å²) in [5.74, 6) is 1.11. The molecule has 1 saturated heterocycles. The Labute approximate surface area is 138 Å². The zero-order valence-electron chi connectivity index (χ0n) is 14.3. The molecule has 0 saturated carbocycles. The van der Waals surface area contributed by atoms with E-state index in [0.717, 1.165) is 38.4 Å². The van der Waals surface area contributed by atoms with Gasteiger partial charge in [-0.1, -0.05) is 13.8 Å². The van der Waals surface area contributed by atoms with Crippen LogP contribution in [0.1, 0.15) is 30.6 Å². The summed E-state index contributed by atoms with van der Waals surface area (Å²) in [5, 5.41) is 12.3. The van der Waals surface area contributed by atoms with Crippen LogP contribution in [0.5, 0.6) is 0 Å². The SMILES string of the molecule is CC(C)CC(CO)NC(=O)c1ccnc(N2CCN(C)CC2)c1. The molecular formula is C17H28N4O2. The van der Waals surface area contributed by atoms with Crippen LogP contribution < -0.4 is 10.2 Å². The largest absolute Gasteiger partial charge is 0.394 e. The summed E-state index contributed by atoms with van der Waals surface area (Å²) < 4.78 is 0. The van der Waals surface area contributed by atoms with Crippen LogP contribution in [0.3, 0.4) is 0 Å². The highest BCUT2D eigenvalue weighted by molar-refractivity contribution is 5.95. The minimum absolute atomic E-state index is 0.0413. The molecule has 0 aliphatic carbocycles. The number of anilines is 1. The number of amides is 1. The van der Waals surface area contributed by atoms with E-state index in [1.807, 2.05) is 6.07 Å². The van der Waals surface area contributed by atoms with Crippen LogP contribution in [-0.2, 0) is 0 Å². The van der Waals surface area contributed by atoms with Crippen molar-refractivity contribution in [3.63, 3.8) is 0 Å². The van der Waals surface area contributed by atoms with Gasteiger partial charge in [0, 0.05) is 37.9 Å². The molecule has 1 unspecified atom stereocenters. The molecule has 6 heteroatoms. The molecule has 1 atom stereocenters. The van der Waals surface area contributed by atoms with Crippen molar-refractivity contribution in [2.75, 3.05) is 44.7 Å². The Kier molecular flexibility index (Phi) is 6.36. The molecule has 0 aromatic carbocycles. The maximum atomic E-state index is 12.4. The number of rotatable bonds is 6. The van der Waals surface area contributed by atoms with Crippen LogP contribution in [0.2, 0.25) is 0 Å². The Hall–Kier alpha value is -1.66. The minimum atomic E-state index is -0.206. The molecule has 1 amide bonds. The number of likely N-dealkylation sites (N-methyl/N-ethyl adjacent to an activating group) is 1. The standard InChI is InChI=1S/C17H28N4O2/c1-13(2)10-15(12-22)19-17(23)14-4-5-18-16(11-14)21-8-6-20(3)7-9-21/h4-5,11,13,15,22H,6-10,12H2,1-3H3,(H,19,23). The second kappa shape index (κ2) is 8.26. The van der Waals surface area contributed by atoms with E-state index in [9.17, 15) is 9.90 Å². The van der Waals surface area contributed by atoms with E-state index in [4.69, 9.17) is 0 Å². The number of carbonyl (C=O) groups is 1. The third-order valence-corrected chi connectivity index (χ3v) is 4.15. The molecule has 0 spiro atoms. The summed E-state index contributed by atoms with van der Waals surface area (Å²) in [4.78, 5) is 21.3. The van der Waals surface area contributed by atoms with Gasteiger partial charge in [-0.05, 0) is 31.5 Å². The van der Waals surface area contributed by atoms with Crippen molar-refractivity contribution < 1.29 is 9.90 Å². The molecular weight excluding hydrogens is 292 g/mol. The van der Waals surface area contributed by atoms with E-state index in [0.29, 0.717) is 11.5 Å². The number of aliphatic hydroxyl groups is 1. The molecule has 1 aromatic rings. The quantitative estimate of drug-likeness (QED) is 0.817. The van der Waals surface area contributed by atoms with Crippen molar-refractivity contribution in [1.82, 2.24) is 15.2 Å². The molecule has 2 N–H and O–H groups in total. The van der Waals surface area contributed by atoms with Crippen molar-refractivity contribution in [3.05, 3.63) is 23.9 Å². The number of aliphatic hydroxyl groups excluding tert-OH is 1. The van der Waals surface area contributed by atoms with E-state index in [-0.39, 0.29) is 18.6 Å². The van der Waals surface area contributed by atoms with E-state index in [2.05, 4.69) is 41.0 Å². The summed E-state index contributed by atoms with van der Waals surface area (Å²) in [6, 6.07) is 3.35. The fraction of sp³-hybridized carbons (Fsp3) is 0.647. The van der Waals surface area contributed by atoms with Crippen molar-refractivity contribution in [2.24, 2.45) is 5.92 Å². The van der Waals surface area contributed by atoms with Gasteiger partial charge in [-0.3, -0.25) is 4.79 Å². The monoisotopic (exact) mass is 320 g/mol. The Morgan fingerprint density at radius 2 is 2.04 bits per heavy atom. The number of hydrogen-bond donors (Lipinski definition) is 2. The lowest BCUT2D eigenvalue weighted by molar-refractivity contribution is 0.0908. The van der Waals surface area contributed by atoms with Crippen LogP contribution in [0, 0.1) is 5.92 Å². The fourth-order valence-corrected chi connectivity index (χ4v) is 2.78. The first-order chi connectivity index (χ1) is 11.0. The van der Waals surface area contributed by atoms with Gasteiger partial charge in [-0.25, -0.2) is 4.98 Å². The predicted octanol–water partition coefficient (Wildman–Crippen LogP) is 0.970. The molecule has 1 aliphatic heterocycles. The molecule has 23 heavy (non-hydrogen) atoms. The Morgan fingerprint density at radius 3 is 2.65 bits per heavy atom. The molecule has 2 rings (SSSR count). The van der Waals surface area contributed by atoms with E-state index in [1.54, 1.807) is 12.3 Å². The van der Waals surface area contributed by atoms with Gasteiger partial charge in [0.1, 0.15) is 5.82 Å². The molecule has 128 valence electrons. The van der Waals surface area contributed by atoms with E-state index >= 15 is 0 Å². The third-order valence-electron chi connectivity index (χ3n) is 4.15. The lowest BCUT2D eigenvalue weighted by Crippen LogP contribution is -2.45. The highest BCUT2D eigenvalue weighted by Crippen LogP contribution is 2.15. The van der Waals surface area contributed by atoms with Crippen LogP contribution in [-0.4, -0.2) is 66.8 Å². The number of hydrogen-bond acceptors (Lipinski definition) is 5. The average Bonchev–Trinajstić information content (AvgIpc) is 2.54. The normalized spacial score (nSPS) is 17.3. The zero-order valence-corrected chi connectivity index (χ0v) is 14.3. The first-order valence-corrected chi connectivity index (χ1v) is 8.31. The first-order valence-electron chi connectivity index (χ1n) is 8.31. The van der Waals surface area contributed by atoms with Gasteiger partial charge in [0.2, 0.25) is 0 Å². The van der Waals surface area contributed by atoms with E-state index < -0.39 is 0 Å². The van der Waals surface area contributed by atoms with Crippen molar-refractivity contribution >= 4 is 11.7 Å². The van der Waals surface area contributed by atoms with Crippen molar-refractivity contribution in [2.45, 2.75) is 26.3 Å². The molecule has 0 bridgehead atoms. The number of nitrogens with zero attached hydrogens (tertiary/aromatic N) is 3. The van der Waals surface area contributed by atoms with Crippen LogP contribution >= 0.6 is 0 Å². The molecule has 1 aromatic heterocycles. The van der Waals surface area contributed by atoms with Gasteiger partial charge in [0.05, 0.1) is 12.6 Å². The number of carbonyl (C=O) groups excluding carboxylic acids is 1. The molecule has 0 radical (unpaired) electrons. The maximum absolute atomic E-state index is 12.4. The average molecular weight is 320 g/mol. The number of nitrogens with one attached hydrogen (secondary N) is 1. The van der Waals surface area contributed by atoms with Gasteiger partial charge in [-0.15, -0.1) is 0 Å². The summed E-state index contributed by atoms with van der Waals surface area (Å²) in [7, 11) is 2.11. The second-order valence-electron chi connectivity index (χ2n) is 6.68. The topological polar surface area (TPSA) is 68.7 Å². The van der Waals surface area contributed by atoms with Gasteiger partial charge >= 0.3 is 0 Å². The highest BCUT2D eigenvalue weighted by Gasteiger charge is 2.18. The van der Waals surface area contributed by atoms with Gasteiger partial charge in [-0.2, -0.15) is 0 Å². The smallest absolute Gasteiger partial charge is 0.251 e. The van der Waals surface area contributed by atoms with Gasteiger partial charge in [0.15, 0.2) is 0 Å². The lowest BCUT2D eigenvalue weighted by atomic mass is 10.0. The summed E-state index contributed by atoms with van der Waals surface area (Å²) in [6.45, 7) is 7.94. The van der Waals surface area contributed by atoms with E-state index in [1.165, 1.54) is 0 Å². The first kappa shape index (κ1) is 17.7. The number of pyridine rings is 1. The van der Waals surface area contributed by atoms with Crippen molar-refractivity contribution in [3.8, 4) is 0 Å². The third kappa shape index (κ3) is 5.18. The van der Waals surface area contributed by atoms with Crippen LogP contribution in [0.4, 0.5) is 5.82 Å². The zero-order chi connectivity index (χ0) is 16.8. The Morgan fingerprint density at radius 1 is 1.35 bits per heavy atom. The molecule has 1 fully saturated rings. The Bertz CT molecular complexity index is 513. The Balaban J connectivity index is 2.02. The lowest BCUT2D eigenvalue weighted by Gasteiger charge is -2.33. The van der Waals surface area contributed by atoms with Crippen LogP contribution in [0.15, 0.2) is 18.3 Å². The van der Waals surface area contributed by atoms with Crippen LogP contribution in [0.25, 0.3) is 0 Å². The maximum Gasteiger partial charge on any atom is 0.251 e. The molecule has 1 aliphatic rings. The fourth-order valence-electron chi connectivity index (χ4n) is 2.78. The predicted molar refractivity (Wildman–Crippen MR) is 91.7 cm³/mol. The summed E-state index contributed by atoms with van der Waals surface area (Å²) in [5.41, 5.74) is 0.594. The van der Waals surface area contributed by atoms with Gasteiger partial charge < -0.3 is 20.2 Å². The molecule has 6 nitrogen and oxygen atoms in total.